The smallest absolute Gasteiger partial charge is 0.233 e. The molecule has 1 aliphatic rings. The average molecular weight is 456 g/mol. The fraction of sp³-hybridized carbons (Fsp3) is 0.348. The monoisotopic (exact) mass is 455 g/mol. The van der Waals surface area contributed by atoms with Gasteiger partial charge in [0.25, 0.3) is 0 Å². The van der Waals surface area contributed by atoms with Gasteiger partial charge >= 0.3 is 0 Å². The van der Waals surface area contributed by atoms with Gasteiger partial charge in [-0.15, -0.1) is 10.2 Å². The summed E-state index contributed by atoms with van der Waals surface area (Å²) in [5.74, 6) is 0.575. The highest BCUT2D eigenvalue weighted by Gasteiger charge is 2.22. The lowest BCUT2D eigenvalue weighted by atomic mass is 10.2. The number of carbonyl (C=O) groups is 1. The molecule has 9 heteroatoms. The van der Waals surface area contributed by atoms with Crippen LogP contribution in [0.25, 0.3) is 0 Å². The third-order valence-electron chi connectivity index (χ3n) is 5.29. The van der Waals surface area contributed by atoms with E-state index in [1.54, 1.807) is 25.2 Å². The Balaban J connectivity index is 1.46. The molecule has 2 aromatic carbocycles. The van der Waals surface area contributed by atoms with Gasteiger partial charge in [0.1, 0.15) is 5.82 Å². The Labute approximate surface area is 191 Å². The largest absolute Gasteiger partial charge is 0.378 e. The van der Waals surface area contributed by atoms with E-state index in [2.05, 4.69) is 31.8 Å². The van der Waals surface area contributed by atoms with Crippen LogP contribution in [0.2, 0.25) is 0 Å². The van der Waals surface area contributed by atoms with E-state index in [-0.39, 0.29) is 24.0 Å². The van der Waals surface area contributed by atoms with Crippen molar-refractivity contribution in [1.29, 1.82) is 0 Å². The molecule has 0 atom stereocenters. The summed E-state index contributed by atoms with van der Waals surface area (Å²) in [6.45, 7) is 3.65. The summed E-state index contributed by atoms with van der Waals surface area (Å²) >= 11 is 1.35. The molecule has 3 aromatic rings. The summed E-state index contributed by atoms with van der Waals surface area (Å²) < 4.78 is 21.4. The minimum absolute atomic E-state index is 0.0968. The molecule has 168 valence electrons. The number of amides is 1. The van der Waals surface area contributed by atoms with Crippen molar-refractivity contribution < 1.29 is 13.9 Å². The highest BCUT2D eigenvalue weighted by molar-refractivity contribution is 7.99. The summed E-state index contributed by atoms with van der Waals surface area (Å²) in [5, 5.41) is 9.49. The molecule has 0 N–H and O–H groups in total. The van der Waals surface area contributed by atoms with Crippen molar-refractivity contribution in [2.45, 2.75) is 18.2 Å². The van der Waals surface area contributed by atoms with E-state index in [1.807, 2.05) is 18.2 Å². The number of hydrogen-bond acceptors (Lipinski definition) is 6. The summed E-state index contributed by atoms with van der Waals surface area (Å²) in [4.78, 5) is 16.4. The lowest BCUT2D eigenvalue weighted by Crippen LogP contribution is -2.38. The van der Waals surface area contributed by atoms with Crippen molar-refractivity contribution in [3.8, 4) is 0 Å². The minimum atomic E-state index is -0.308. The Kier molecular flexibility index (Phi) is 7.39. The number of halogens is 1. The Hall–Kier alpha value is -2.91. The lowest BCUT2D eigenvalue weighted by Gasteiger charge is -2.28. The van der Waals surface area contributed by atoms with E-state index in [0.717, 1.165) is 24.6 Å². The first-order valence-electron chi connectivity index (χ1n) is 10.5. The van der Waals surface area contributed by atoms with Crippen molar-refractivity contribution in [2.75, 3.05) is 44.0 Å². The van der Waals surface area contributed by atoms with Crippen LogP contribution in [0.5, 0.6) is 0 Å². The number of nitrogens with zero attached hydrogens (tertiary/aromatic N) is 5. The van der Waals surface area contributed by atoms with E-state index in [0.29, 0.717) is 30.5 Å². The number of anilines is 1. The van der Waals surface area contributed by atoms with Crippen molar-refractivity contribution in [2.24, 2.45) is 0 Å². The van der Waals surface area contributed by atoms with E-state index < -0.39 is 0 Å². The van der Waals surface area contributed by atoms with Crippen LogP contribution >= 0.6 is 11.8 Å². The van der Waals surface area contributed by atoms with E-state index in [9.17, 15) is 9.18 Å². The highest BCUT2D eigenvalue weighted by atomic mass is 32.2. The van der Waals surface area contributed by atoms with Crippen LogP contribution in [0.4, 0.5) is 10.3 Å². The zero-order valence-electron chi connectivity index (χ0n) is 18.0. The molecule has 32 heavy (non-hydrogen) atoms. The molecule has 2 heterocycles. The zero-order chi connectivity index (χ0) is 22.3. The Morgan fingerprint density at radius 3 is 2.56 bits per heavy atom. The van der Waals surface area contributed by atoms with Gasteiger partial charge in [-0.25, -0.2) is 4.39 Å². The second-order valence-corrected chi connectivity index (χ2v) is 8.53. The molecule has 1 fully saturated rings. The maximum Gasteiger partial charge on any atom is 0.233 e. The zero-order valence-corrected chi connectivity index (χ0v) is 18.8. The number of thioether (sulfide) groups is 1. The van der Waals surface area contributed by atoms with E-state index >= 15 is 0 Å². The van der Waals surface area contributed by atoms with Crippen LogP contribution in [0.3, 0.4) is 0 Å². The van der Waals surface area contributed by atoms with Gasteiger partial charge in [0.15, 0.2) is 5.16 Å². The number of morpholine rings is 1. The highest BCUT2D eigenvalue weighted by Crippen LogP contribution is 2.24. The first-order chi connectivity index (χ1) is 15.6. The molecule has 1 aliphatic heterocycles. The second kappa shape index (κ2) is 10.6. The van der Waals surface area contributed by atoms with E-state index in [4.69, 9.17) is 4.74 Å². The van der Waals surface area contributed by atoms with Crippen LogP contribution in [0, 0.1) is 5.82 Å². The van der Waals surface area contributed by atoms with Gasteiger partial charge in [-0.05, 0) is 11.6 Å². The topological polar surface area (TPSA) is 63.5 Å². The number of hydrogen-bond donors (Lipinski definition) is 0. The number of ether oxygens (including phenoxy) is 1. The summed E-state index contributed by atoms with van der Waals surface area (Å²) in [7, 11) is 1.68. The van der Waals surface area contributed by atoms with E-state index in [1.165, 1.54) is 22.7 Å². The molecule has 0 saturated carbocycles. The molecule has 1 saturated heterocycles. The normalized spacial score (nSPS) is 13.9. The standard InChI is InChI=1S/C23H26FN5O2S/c1-27(16-19-9-5-6-10-20(19)24)21(30)17-32-23-26-25-22(28-11-13-31-14-12-28)29(23)15-18-7-3-2-4-8-18/h2-10H,11-17H2,1H3. The number of rotatable bonds is 8. The maximum absolute atomic E-state index is 13.9. The minimum Gasteiger partial charge on any atom is -0.378 e. The maximum atomic E-state index is 13.9. The van der Waals surface area contributed by atoms with Crippen LogP contribution in [0.1, 0.15) is 11.1 Å². The van der Waals surface area contributed by atoms with Crippen molar-refractivity contribution >= 4 is 23.6 Å². The predicted molar refractivity (Wildman–Crippen MR) is 122 cm³/mol. The van der Waals surface area contributed by atoms with Gasteiger partial charge in [-0.3, -0.25) is 9.36 Å². The van der Waals surface area contributed by atoms with Gasteiger partial charge in [0.2, 0.25) is 11.9 Å². The lowest BCUT2D eigenvalue weighted by molar-refractivity contribution is -0.127. The Morgan fingerprint density at radius 1 is 1.09 bits per heavy atom. The van der Waals surface area contributed by atoms with Crippen LogP contribution in [-0.2, 0) is 22.6 Å². The first-order valence-corrected chi connectivity index (χ1v) is 11.5. The first kappa shape index (κ1) is 22.3. The molecule has 0 spiro atoms. The second-order valence-electron chi connectivity index (χ2n) is 7.58. The van der Waals surface area contributed by atoms with Gasteiger partial charge in [-0.1, -0.05) is 60.3 Å². The molecular formula is C23H26FN5O2S. The Morgan fingerprint density at radius 2 is 1.81 bits per heavy atom. The quantitative estimate of drug-likeness (QED) is 0.487. The molecule has 1 amide bonds. The molecular weight excluding hydrogens is 429 g/mol. The van der Waals surface area contributed by atoms with Gasteiger partial charge in [0, 0.05) is 32.2 Å². The third-order valence-corrected chi connectivity index (χ3v) is 6.24. The molecule has 4 rings (SSSR count). The summed E-state index contributed by atoms with van der Waals surface area (Å²) in [5.41, 5.74) is 1.63. The van der Waals surface area contributed by atoms with Crippen LogP contribution in [0.15, 0.2) is 59.8 Å². The summed E-state index contributed by atoms with van der Waals surface area (Å²) in [6.07, 6.45) is 0. The fourth-order valence-corrected chi connectivity index (χ4v) is 4.37. The molecule has 0 radical (unpaired) electrons. The van der Waals surface area contributed by atoms with Gasteiger partial charge in [-0.2, -0.15) is 0 Å². The van der Waals surface area contributed by atoms with Crippen LogP contribution < -0.4 is 4.90 Å². The number of carbonyl (C=O) groups excluding carboxylic acids is 1. The Bertz CT molecular complexity index is 1040. The van der Waals surface area contributed by atoms with Crippen molar-refractivity contribution in [3.05, 3.63) is 71.5 Å². The molecule has 7 nitrogen and oxygen atoms in total. The fourth-order valence-electron chi connectivity index (χ4n) is 3.50. The molecule has 0 aliphatic carbocycles. The van der Waals surface area contributed by atoms with Crippen molar-refractivity contribution in [1.82, 2.24) is 19.7 Å². The van der Waals surface area contributed by atoms with Crippen LogP contribution in [-0.4, -0.2) is 64.7 Å². The molecule has 1 aromatic heterocycles. The predicted octanol–water partition coefficient (Wildman–Crippen LogP) is 3.05. The molecule has 0 unspecified atom stereocenters. The molecule has 0 bridgehead atoms. The number of aromatic nitrogens is 3. The number of benzene rings is 2. The van der Waals surface area contributed by atoms with Crippen molar-refractivity contribution in [3.63, 3.8) is 0 Å². The van der Waals surface area contributed by atoms with Gasteiger partial charge < -0.3 is 14.5 Å². The summed E-state index contributed by atoms with van der Waals surface area (Å²) in [6, 6.07) is 16.6. The SMILES string of the molecule is CN(Cc1ccccc1F)C(=O)CSc1nnc(N2CCOCC2)n1Cc1ccccc1. The average Bonchev–Trinajstić information content (AvgIpc) is 3.22. The third kappa shape index (κ3) is 5.46. The van der Waals surface area contributed by atoms with Gasteiger partial charge in [0.05, 0.1) is 25.5 Å².